The van der Waals surface area contributed by atoms with Gasteiger partial charge in [0.25, 0.3) is 0 Å². The van der Waals surface area contributed by atoms with Crippen molar-refractivity contribution < 1.29 is 14.6 Å². The van der Waals surface area contributed by atoms with Crippen molar-refractivity contribution in [1.29, 1.82) is 0 Å². The van der Waals surface area contributed by atoms with Crippen molar-refractivity contribution in [3.8, 4) is 5.75 Å². The first-order valence-electron chi connectivity index (χ1n) is 4.02. The van der Waals surface area contributed by atoms with E-state index in [1.165, 1.54) is 7.11 Å². The van der Waals surface area contributed by atoms with Crippen molar-refractivity contribution in [1.82, 2.24) is 0 Å². The molecule has 4 nitrogen and oxygen atoms in total. The van der Waals surface area contributed by atoms with Crippen LogP contribution in [0.5, 0.6) is 5.75 Å². The highest BCUT2D eigenvalue weighted by atomic mass is 35.5. The molecular formula is C9H9Cl2NO3. The van der Waals surface area contributed by atoms with E-state index in [-0.39, 0.29) is 10.0 Å². The van der Waals surface area contributed by atoms with E-state index in [1.807, 2.05) is 0 Å². The largest absolute Gasteiger partial charge is 0.495 e. The average molecular weight is 250 g/mol. The van der Waals surface area contributed by atoms with Crippen molar-refractivity contribution >= 4 is 34.8 Å². The number of benzene rings is 1. The van der Waals surface area contributed by atoms with Crippen LogP contribution in [0, 0.1) is 0 Å². The zero-order valence-corrected chi connectivity index (χ0v) is 9.39. The first-order chi connectivity index (χ1) is 7.10. The molecule has 0 atom stereocenters. The Morgan fingerprint density at radius 1 is 1.47 bits per heavy atom. The molecule has 1 aromatic rings. The fourth-order valence-electron chi connectivity index (χ4n) is 0.976. The number of rotatable bonds is 3. The number of anilines is 1. The normalized spacial score (nSPS) is 9.87. The van der Waals surface area contributed by atoms with Crippen LogP contribution in [0.3, 0.4) is 0 Å². The van der Waals surface area contributed by atoms with Gasteiger partial charge in [0.05, 0.1) is 17.8 Å². The van der Waals surface area contributed by atoms with Crippen LogP contribution in [0.4, 0.5) is 5.69 Å². The van der Waals surface area contributed by atoms with Crippen molar-refractivity contribution in [3.63, 3.8) is 0 Å². The second kappa shape index (κ2) is 5.21. The lowest BCUT2D eigenvalue weighted by atomic mass is 10.3. The lowest BCUT2D eigenvalue weighted by Crippen LogP contribution is -2.15. The van der Waals surface area contributed by atoms with Crippen LogP contribution >= 0.6 is 23.2 Å². The molecule has 0 saturated heterocycles. The fourth-order valence-corrected chi connectivity index (χ4v) is 1.42. The Bertz CT molecular complexity index is 382. The van der Waals surface area contributed by atoms with E-state index < -0.39 is 12.5 Å². The maximum absolute atomic E-state index is 10.9. The molecule has 0 radical (unpaired) electrons. The van der Waals surface area contributed by atoms with E-state index in [4.69, 9.17) is 33.0 Å². The Morgan fingerprint density at radius 3 is 2.67 bits per heavy atom. The van der Waals surface area contributed by atoms with E-state index in [0.717, 1.165) is 0 Å². The topological polar surface area (TPSA) is 58.6 Å². The Hall–Kier alpha value is -0.970. The molecule has 0 aliphatic carbocycles. The van der Waals surface area contributed by atoms with Gasteiger partial charge in [0.2, 0.25) is 5.91 Å². The summed E-state index contributed by atoms with van der Waals surface area (Å²) in [4.78, 5) is 10.9. The van der Waals surface area contributed by atoms with Crippen molar-refractivity contribution in [3.05, 3.63) is 22.2 Å². The minimum atomic E-state index is -0.611. The quantitative estimate of drug-likeness (QED) is 0.861. The molecule has 1 rings (SSSR count). The van der Waals surface area contributed by atoms with Crippen LogP contribution in [0.2, 0.25) is 10.0 Å². The number of methoxy groups -OCH3 is 1. The van der Waals surface area contributed by atoms with Gasteiger partial charge in [0.15, 0.2) is 0 Å². The smallest absolute Gasteiger partial charge is 0.250 e. The second-order valence-corrected chi connectivity index (χ2v) is 3.41. The van der Waals surface area contributed by atoms with Crippen LogP contribution in [-0.2, 0) is 4.79 Å². The van der Waals surface area contributed by atoms with Gasteiger partial charge in [-0.25, -0.2) is 0 Å². The van der Waals surface area contributed by atoms with Crippen molar-refractivity contribution in [2.24, 2.45) is 0 Å². The molecular weight excluding hydrogens is 241 g/mol. The molecule has 0 bridgehead atoms. The fraction of sp³-hybridized carbons (Fsp3) is 0.222. The molecule has 0 aromatic heterocycles. The van der Waals surface area contributed by atoms with Crippen molar-refractivity contribution in [2.45, 2.75) is 0 Å². The molecule has 1 amide bonds. The summed E-state index contributed by atoms with van der Waals surface area (Å²) in [5.41, 5.74) is 0.335. The highest BCUT2D eigenvalue weighted by Gasteiger charge is 2.11. The first kappa shape index (κ1) is 12.1. The SMILES string of the molecule is COc1ccc(NC(=O)CO)c(Cl)c1Cl. The lowest BCUT2D eigenvalue weighted by Gasteiger charge is -2.09. The third-order valence-corrected chi connectivity index (χ3v) is 2.55. The summed E-state index contributed by atoms with van der Waals surface area (Å²) in [6.45, 7) is -0.611. The van der Waals surface area contributed by atoms with Gasteiger partial charge >= 0.3 is 0 Å². The van der Waals surface area contributed by atoms with Crippen LogP contribution < -0.4 is 10.1 Å². The van der Waals surface area contributed by atoms with E-state index in [1.54, 1.807) is 12.1 Å². The van der Waals surface area contributed by atoms with Crippen LogP contribution in [-0.4, -0.2) is 24.7 Å². The highest BCUT2D eigenvalue weighted by Crippen LogP contribution is 2.37. The summed E-state index contributed by atoms with van der Waals surface area (Å²) < 4.78 is 4.93. The molecule has 1 aromatic carbocycles. The number of aliphatic hydroxyl groups excluding tert-OH is 1. The molecule has 0 fully saturated rings. The summed E-state index contributed by atoms with van der Waals surface area (Å²) in [6, 6.07) is 3.11. The van der Waals surface area contributed by atoms with Gasteiger partial charge in [-0.15, -0.1) is 0 Å². The first-order valence-corrected chi connectivity index (χ1v) is 4.78. The zero-order chi connectivity index (χ0) is 11.4. The predicted octanol–water partition coefficient (Wildman–Crippen LogP) is 1.93. The maximum atomic E-state index is 10.9. The lowest BCUT2D eigenvalue weighted by molar-refractivity contribution is -0.118. The monoisotopic (exact) mass is 249 g/mol. The summed E-state index contributed by atoms with van der Waals surface area (Å²) in [5.74, 6) is -0.137. The van der Waals surface area contributed by atoms with E-state index in [2.05, 4.69) is 5.32 Å². The number of hydrogen-bond donors (Lipinski definition) is 2. The molecule has 2 N–H and O–H groups in total. The number of nitrogens with one attached hydrogen (secondary N) is 1. The average Bonchev–Trinajstić information content (AvgIpc) is 2.25. The molecule has 0 spiro atoms. The van der Waals surface area contributed by atoms with Gasteiger partial charge < -0.3 is 15.2 Å². The summed E-state index contributed by atoms with van der Waals surface area (Å²) in [5, 5.41) is 11.3. The van der Waals surface area contributed by atoms with Crippen molar-refractivity contribution in [2.75, 3.05) is 19.0 Å². The number of ether oxygens (including phenoxy) is 1. The van der Waals surface area contributed by atoms with Gasteiger partial charge in [0, 0.05) is 0 Å². The Balaban J connectivity index is 3.01. The summed E-state index contributed by atoms with van der Waals surface area (Å²) in [7, 11) is 1.46. The molecule has 82 valence electrons. The van der Waals surface area contributed by atoms with Gasteiger partial charge in [0.1, 0.15) is 17.4 Å². The molecule has 0 heterocycles. The summed E-state index contributed by atoms with van der Waals surface area (Å²) >= 11 is 11.7. The van der Waals surface area contributed by atoms with Gasteiger partial charge in [-0.3, -0.25) is 4.79 Å². The van der Waals surface area contributed by atoms with E-state index in [0.29, 0.717) is 11.4 Å². The maximum Gasteiger partial charge on any atom is 0.250 e. The molecule has 15 heavy (non-hydrogen) atoms. The van der Waals surface area contributed by atoms with Gasteiger partial charge in [-0.2, -0.15) is 0 Å². The Morgan fingerprint density at radius 2 is 2.13 bits per heavy atom. The standard InChI is InChI=1S/C9H9Cl2NO3/c1-15-6-3-2-5(8(10)9(6)11)12-7(14)4-13/h2-3,13H,4H2,1H3,(H,12,14). The molecule has 0 aliphatic rings. The van der Waals surface area contributed by atoms with Crippen LogP contribution in [0.1, 0.15) is 0 Å². The Labute approximate surface area is 96.8 Å². The number of carbonyl (C=O) groups is 1. The summed E-state index contributed by atoms with van der Waals surface area (Å²) in [6.07, 6.45) is 0. The third kappa shape index (κ3) is 2.75. The highest BCUT2D eigenvalue weighted by molar-refractivity contribution is 6.44. The van der Waals surface area contributed by atoms with E-state index in [9.17, 15) is 4.79 Å². The molecule has 0 aliphatic heterocycles. The minimum Gasteiger partial charge on any atom is -0.495 e. The molecule has 0 unspecified atom stereocenters. The number of amides is 1. The van der Waals surface area contributed by atoms with Gasteiger partial charge in [-0.05, 0) is 12.1 Å². The molecule has 0 saturated carbocycles. The van der Waals surface area contributed by atoms with Crippen LogP contribution in [0.25, 0.3) is 0 Å². The molecule has 6 heteroatoms. The van der Waals surface area contributed by atoms with Crippen LogP contribution in [0.15, 0.2) is 12.1 Å². The number of halogens is 2. The zero-order valence-electron chi connectivity index (χ0n) is 7.88. The number of aliphatic hydroxyl groups is 1. The number of hydrogen-bond acceptors (Lipinski definition) is 3. The Kier molecular flexibility index (Phi) is 4.20. The predicted molar refractivity (Wildman–Crippen MR) is 58.7 cm³/mol. The van der Waals surface area contributed by atoms with E-state index >= 15 is 0 Å². The number of carbonyl (C=O) groups excluding carboxylic acids is 1. The second-order valence-electron chi connectivity index (χ2n) is 2.65. The third-order valence-electron chi connectivity index (χ3n) is 1.68. The van der Waals surface area contributed by atoms with Gasteiger partial charge in [-0.1, -0.05) is 23.2 Å². The minimum absolute atomic E-state index is 0.179.